The molecule has 0 aromatic heterocycles. The highest BCUT2D eigenvalue weighted by atomic mass is 28.4. The van der Waals surface area contributed by atoms with Crippen LogP contribution in [0.2, 0.25) is 0 Å². The molecule has 0 radical (unpaired) electrons. The second-order valence-electron chi connectivity index (χ2n) is 3.19. The summed E-state index contributed by atoms with van der Waals surface area (Å²) in [5.41, 5.74) is 0.574. The van der Waals surface area contributed by atoms with Crippen LogP contribution in [0.15, 0.2) is 24.3 Å². The van der Waals surface area contributed by atoms with E-state index >= 15 is 0 Å². The fourth-order valence-electron chi connectivity index (χ4n) is 1.12. The summed E-state index contributed by atoms with van der Waals surface area (Å²) in [5.74, 6) is -0.0368. The van der Waals surface area contributed by atoms with Crippen molar-refractivity contribution in [1.29, 1.82) is 0 Å². The zero-order valence-corrected chi connectivity index (χ0v) is 9.17. The van der Waals surface area contributed by atoms with E-state index < -0.39 is 14.8 Å². The van der Waals surface area contributed by atoms with E-state index in [-0.39, 0.29) is 6.04 Å². The van der Waals surface area contributed by atoms with E-state index in [1.54, 1.807) is 12.1 Å². The van der Waals surface area contributed by atoms with Crippen LogP contribution in [0.5, 0.6) is 5.75 Å². The molecule has 0 bridgehead atoms. The smallest absolute Gasteiger partial charge is 0.427 e. The first kappa shape index (κ1) is 11.9. The molecular formula is C9H12O5Si. The average molecular weight is 228 g/mol. The number of benzene rings is 1. The third-order valence-electron chi connectivity index (χ3n) is 1.63. The van der Waals surface area contributed by atoms with Crippen LogP contribution < -0.4 is 4.74 Å². The fraction of sp³-hybridized carbons (Fsp3) is 0.222. The Morgan fingerprint density at radius 1 is 1.27 bits per heavy atom. The van der Waals surface area contributed by atoms with E-state index in [0.29, 0.717) is 11.3 Å². The van der Waals surface area contributed by atoms with Crippen LogP contribution in [0.3, 0.4) is 0 Å². The molecule has 0 unspecified atom stereocenters. The first-order chi connectivity index (χ1) is 6.87. The summed E-state index contributed by atoms with van der Waals surface area (Å²) in [6.45, 7) is 1.29. The van der Waals surface area contributed by atoms with Crippen LogP contribution >= 0.6 is 0 Å². The topological polar surface area (TPSA) is 87.0 Å². The molecule has 5 nitrogen and oxygen atoms in total. The van der Waals surface area contributed by atoms with Gasteiger partial charge in [-0.3, -0.25) is 4.79 Å². The maximum absolute atomic E-state index is 10.6. The molecule has 1 aromatic carbocycles. The molecule has 0 aliphatic heterocycles. The van der Waals surface area contributed by atoms with Crippen molar-refractivity contribution in [3.63, 3.8) is 0 Å². The maximum Gasteiger partial charge on any atom is 0.497 e. The molecule has 82 valence electrons. The molecule has 0 aliphatic rings. The van der Waals surface area contributed by atoms with Gasteiger partial charge in [-0.05, 0) is 17.7 Å². The Hall–Kier alpha value is -1.21. The Morgan fingerprint density at radius 2 is 1.80 bits per heavy atom. The lowest BCUT2D eigenvalue weighted by Gasteiger charge is -2.09. The molecule has 0 saturated heterocycles. The van der Waals surface area contributed by atoms with Gasteiger partial charge >= 0.3 is 14.8 Å². The van der Waals surface area contributed by atoms with Crippen LogP contribution in [-0.4, -0.2) is 29.2 Å². The molecule has 6 heteroatoms. The van der Waals surface area contributed by atoms with Crippen LogP contribution in [-0.2, 0) is 10.8 Å². The van der Waals surface area contributed by atoms with Crippen LogP contribution in [0, 0.1) is 0 Å². The number of carbonyl (C=O) groups is 1. The predicted octanol–water partition coefficient (Wildman–Crippen LogP) is -0.391. The molecule has 0 aliphatic carbocycles. The monoisotopic (exact) mass is 228 g/mol. The van der Waals surface area contributed by atoms with Crippen molar-refractivity contribution < 1.29 is 23.9 Å². The Balaban J connectivity index is 2.68. The summed E-state index contributed by atoms with van der Waals surface area (Å²) in [7, 11) is -4.06. The fourth-order valence-corrected chi connectivity index (χ4v) is 1.90. The van der Waals surface area contributed by atoms with Crippen LogP contribution in [0.25, 0.3) is 0 Å². The average Bonchev–Trinajstić information content (AvgIpc) is 2.05. The van der Waals surface area contributed by atoms with Crippen molar-refractivity contribution in [2.45, 2.75) is 13.0 Å². The minimum Gasteiger partial charge on any atom is -0.427 e. The van der Waals surface area contributed by atoms with Gasteiger partial charge in [0, 0.05) is 13.0 Å². The molecule has 1 rings (SSSR count). The minimum atomic E-state index is -4.06. The molecule has 0 saturated carbocycles. The van der Waals surface area contributed by atoms with Crippen LogP contribution in [0.4, 0.5) is 0 Å². The molecule has 0 spiro atoms. The van der Waals surface area contributed by atoms with Gasteiger partial charge in [-0.15, -0.1) is 0 Å². The quantitative estimate of drug-likeness (QED) is 0.372. The third-order valence-corrected chi connectivity index (χ3v) is 2.51. The van der Waals surface area contributed by atoms with Crippen molar-refractivity contribution >= 4 is 14.8 Å². The summed E-state index contributed by atoms with van der Waals surface area (Å²) in [4.78, 5) is 37.1. The van der Waals surface area contributed by atoms with Crippen molar-refractivity contribution in [3.05, 3.63) is 29.8 Å². The van der Waals surface area contributed by atoms with Gasteiger partial charge in [0.15, 0.2) is 0 Å². The van der Waals surface area contributed by atoms with Gasteiger partial charge in [0.1, 0.15) is 5.75 Å². The Morgan fingerprint density at radius 3 is 2.20 bits per heavy atom. The first-order valence-electron chi connectivity index (χ1n) is 4.31. The van der Waals surface area contributed by atoms with E-state index in [9.17, 15) is 4.79 Å². The number of ether oxygens (including phenoxy) is 1. The van der Waals surface area contributed by atoms with Gasteiger partial charge in [-0.25, -0.2) is 0 Å². The van der Waals surface area contributed by atoms with Gasteiger partial charge in [-0.2, -0.15) is 0 Å². The zero-order chi connectivity index (χ0) is 11.5. The molecule has 0 fully saturated rings. The van der Waals surface area contributed by atoms with Crippen LogP contribution in [0.1, 0.15) is 12.5 Å². The summed E-state index contributed by atoms with van der Waals surface area (Å²) in [6.07, 6.45) is 0. The molecular weight excluding hydrogens is 216 g/mol. The summed E-state index contributed by atoms with van der Waals surface area (Å²) < 4.78 is 4.78. The standard InChI is InChI=1S/C9H12O5Si/c1-7(10)14-9-4-2-8(3-5-9)6-15(11,12)13/h2-5,11-13H,6H2,1H3. The first-order valence-corrected chi connectivity index (χ1v) is 6.36. The van der Waals surface area contributed by atoms with Gasteiger partial charge in [0.05, 0.1) is 0 Å². The summed E-state index contributed by atoms with van der Waals surface area (Å²) in [6, 6.07) is 5.99. The van der Waals surface area contributed by atoms with Crippen molar-refractivity contribution in [3.8, 4) is 5.75 Å². The van der Waals surface area contributed by atoms with Crippen molar-refractivity contribution in [1.82, 2.24) is 0 Å². The predicted molar refractivity (Wildman–Crippen MR) is 53.9 cm³/mol. The molecule has 0 atom stereocenters. The summed E-state index contributed by atoms with van der Waals surface area (Å²) in [5, 5.41) is 0. The lowest BCUT2D eigenvalue weighted by Crippen LogP contribution is -2.37. The van der Waals surface area contributed by atoms with E-state index in [4.69, 9.17) is 19.1 Å². The lowest BCUT2D eigenvalue weighted by atomic mass is 10.2. The number of rotatable bonds is 3. The highest BCUT2D eigenvalue weighted by molar-refractivity contribution is 6.55. The highest BCUT2D eigenvalue weighted by Crippen LogP contribution is 2.14. The summed E-state index contributed by atoms with van der Waals surface area (Å²) >= 11 is 0. The maximum atomic E-state index is 10.6. The van der Waals surface area contributed by atoms with E-state index in [2.05, 4.69) is 0 Å². The van der Waals surface area contributed by atoms with Crippen molar-refractivity contribution in [2.24, 2.45) is 0 Å². The zero-order valence-electron chi connectivity index (χ0n) is 8.17. The van der Waals surface area contributed by atoms with Gasteiger partial charge < -0.3 is 19.1 Å². The van der Waals surface area contributed by atoms with Crippen molar-refractivity contribution in [2.75, 3.05) is 0 Å². The van der Waals surface area contributed by atoms with Gasteiger partial charge in [-0.1, -0.05) is 12.1 Å². The Bertz CT molecular complexity index is 341. The second kappa shape index (κ2) is 4.54. The number of carbonyl (C=O) groups excluding carboxylic acids is 1. The van der Waals surface area contributed by atoms with Gasteiger partial charge in [0.2, 0.25) is 0 Å². The number of hydrogen-bond donors (Lipinski definition) is 3. The molecule has 0 heterocycles. The molecule has 0 amide bonds. The second-order valence-corrected chi connectivity index (χ2v) is 5.09. The molecule has 15 heavy (non-hydrogen) atoms. The molecule has 3 N–H and O–H groups in total. The third kappa shape index (κ3) is 4.70. The van der Waals surface area contributed by atoms with Gasteiger partial charge in [0.25, 0.3) is 0 Å². The van der Waals surface area contributed by atoms with E-state index in [0.717, 1.165) is 0 Å². The normalized spacial score (nSPS) is 11.2. The lowest BCUT2D eigenvalue weighted by molar-refractivity contribution is -0.131. The number of esters is 1. The van der Waals surface area contributed by atoms with E-state index in [1.807, 2.05) is 0 Å². The Labute approximate surface area is 87.9 Å². The van der Waals surface area contributed by atoms with E-state index in [1.165, 1.54) is 19.1 Å². The minimum absolute atomic E-state index is 0.173. The largest absolute Gasteiger partial charge is 0.497 e. The molecule has 1 aromatic rings. The number of hydrogen-bond acceptors (Lipinski definition) is 5. The Kier molecular flexibility index (Phi) is 3.59. The SMILES string of the molecule is CC(=O)Oc1ccc(C[Si](O)(O)O)cc1. The highest BCUT2D eigenvalue weighted by Gasteiger charge is 2.26.